The zero-order valence-electron chi connectivity index (χ0n) is 20.8. The quantitative estimate of drug-likeness (QED) is 0.453. The first kappa shape index (κ1) is 24.7. The molecule has 0 aromatic carbocycles. The number of aliphatic hydroxyl groups is 1. The number of piperidine rings is 1. The van der Waals surface area contributed by atoms with Crippen LogP contribution in [0.25, 0.3) is 16.6 Å². The number of aliphatic hydroxyl groups excluding tert-OH is 1. The summed E-state index contributed by atoms with van der Waals surface area (Å²) >= 11 is 0. The van der Waals surface area contributed by atoms with Gasteiger partial charge in [0.1, 0.15) is 6.10 Å². The van der Waals surface area contributed by atoms with Crippen molar-refractivity contribution in [1.29, 1.82) is 0 Å². The third-order valence-electron chi connectivity index (χ3n) is 6.68. The minimum Gasteiger partial charge on any atom is -0.384 e. The van der Waals surface area contributed by atoms with E-state index >= 15 is 0 Å². The molecule has 0 radical (unpaired) electrons. The van der Waals surface area contributed by atoms with Gasteiger partial charge in [-0.15, -0.1) is 0 Å². The number of carbonyl (C=O) groups is 2. The van der Waals surface area contributed by atoms with Crippen molar-refractivity contribution in [3.05, 3.63) is 36.4 Å². The molecule has 4 rings (SSSR count). The summed E-state index contributed by atoms with van der Waals surface area (Å²) in [5.41, 5.74) is 9.36. The number of hydrogen-bond donors (Lipinski definition) is 3. The zero-order valence-corrected chi connectivity index (χ0v) is 20.8. The molecule has 3 aromatic heterocycles. The molecule has 4 heterocycles. The van der Waals surface area contributed by atoms with E-state index in [1.165, 1.54) is 13.1 Å². The van der Waals surface area contributed by atoms with Gasteiger partial charge >= 0.3 is 0 Å². The highest BCUT2D eigenvalue weighted by Crippen LogP contribution is 2.32. The first-order chi connectivity index (χ1) is 16.7. The number of rotatable bonds is 8. The Morgan fingerprint density at radius 1 is 1.20 bits per heavy atom. The van der Waals surface area contributed by atoms with Crippen molar-refractivity contribution in [3.63, 3.8) is 0 Å². The van der Waals surface area contributed by atoms with Gasteiger partial charge in [0.15, 0.2) is 0 Å². The van der Waals surface area contributed by atoms with Crippen LogP contribution in [0.1, 0.15) is 50.9 Å². The lowest BCUT2D eigenvalue weighted by atomic mass is 9.89. The van der Waals surface area contributed by atoms with Crippen molar-refractivity contribution < 1.29 is 14.7 Å². The molecule has 3 aromatic rings. The summed E-state index contributed by atoms with van der Waals surface area (Å²) in [5, 5.41) is 22.2. The topological polar surface area (TPSA) is 131 Å². The Kier molecular flexibility index (Phi) is 7.11. The molecule has 10 nitrogen and oxygen atoms in total. The summed E-state index contributed by atoms with van der Waals surface area (Å²) in [4.78, 5) is 26.3. The van der Waals surface area contributed by atoms with Gasteiger partial charge < -0.3 is 21.1 Å². The van der Waals surface area contributed by atoms with Gasteiger partial charge in [-0.25, -0.2) is 4.52 Å². The van der Waals surface area contributed by atoms with Crippen molar-refractivity contribution in [2.24, 2.45) is 17.6 Å². The predicted molar refractivity (Wildman–Crippen MR) is 134 cm³/mol. The molecule has 1 saturated heterocycles. The minimum absolute atomic E-state index is 0.0366. The number of likely N-dealkylation sites (tertiary alicyclic amines) is 1. The summed E-state index contributed by atoms with van der Waals surface area (Å²) in [6.45, 7) is 9.79. The second kappa shape index (κ2) is 10.1. The van der Waals surface area contributed by atoms with E-state index in [0.29, 0.717) is 36.7 Å². The third-order valence-corrected chi connectivity index (χ3v) is 6.68. The van der Waals surface area contributed by atoms with Gasteiger partial charge in [0, 0.05) is 49.2 Å². The van der Waals surface area contributed by atoms with Crippen LogP contribution in [-0.2, 0) is 11.3 Å². The van der Waals surface area contributed by atoms with Crippen LogP contribution in [0, 0.1) is 11.8 Å². The maximum Gasteiger partial charge on any atom is 0.252 e. The standard InChI is InChI=1S/C25H35N7O3/c1-5-17-12-30(25(35)16(4)33)7-6-21(17)29-23-20(24(26)34)10-28-32-14-18(8-22(23)32)19-9-27-31(13-19)11-15(2)3/h8-10,13-17,21,29,33H,5-7,11-12H2,1-4H3,(H2,26,34)/t16?,17-,21-/m1/s1. The molecule has 188 valence electrons. The maximum absolute atomic E-state index is 12.3. The minimum atomic E-state index is -1.01. The number of aromatic nitrogens is 4. The van der Waals surface area contributed by atoms with Crippen LogP contribution in [0.5, 0.6) is 0 Å². The molecule has 0 aliphatic carbocycles. The van der Waals surface area contributed by atoms with Gasteiger partial charge in [-0.2, -0.15) is 10.2 Å². The van der Waals surface area contributed by atoms with Crippen molar-refractivity contribution in [2.75, 3.05) is 18.4 Å². The molecule has 0 saturated carbocycles. The number of nitrogens with zero attached hydrogens (tertiary/aromatic N) is 5. The fourth-order valence-corrected chi connectivity index (χ4v) is 4.83. The van der Waals surface area contributed by atoms with Crippen LogP contribution in [-0.4, -0.2) is 66.5 Å². The molecule has 35 heavy (non-hydrogen) atoms. The van der Waals surface area contributed by atoms with E-state index in [1.807, 2.05) is 29.3 Å². The van der Waals surface area contributed by atoms with E-state index in [9.17, 15) is 14.7 Å². The lowest BCUT2D eigenvalue weighted by Gasteiger charge is -2.39. The number of anilines is 1. The first-order valence-corrected chi connectivity index (χ1v) is 12.2. The molecule has 4 N–H and O–H groups in total. The second-order valence-corrected chi connectivity index (χ2v) is 9.87. The van der Waals surface area contributed by atoms with Crippen LogP contribution in [0.15, 0.2) is 30.9 Å². The number of amides is 2. The van der Waals surface area contributed by atoms with Crippen molar-refractivity contribution in [2.45, 2.75) is 59.2 Å². The molecule has 1 unspecified atom stereocenters. The Morgan fingerprint density at radius 3 is 2.63 bits per heavy atom. The third kappa shape index (κ3) is 5.17. The highest BCUT2D eigenvalue weighted by Gasteiger charge is 2.32. The highest BCUT2D eigenvalue weighted by atomic mass is 16.3. The van der Waals surface area contributed by atoms with Crippen LogP contribution < -0.4 is 11.1 Å². The number of primary amides is 1. The van der Waals surface area contributed by atoms with Gasteiger partial charge in [0.05, 0.1) is 29.2 Å². The van der Waals surface area contributed by atoms with Crippen LogP contribution in [0.4, 0.5) is 5.69 Å². The Bertz CT molecular complexity index is 1210. The van der Waals surface area contributed by atoms with Gasteiger partial charge in [-0.3, -0.25) is 14.3 Å². The first-order valence-electron chi connectivity index (χ1n) is 12.2. The molecule has 1 aliphatic heterocycles. The Hall–Kier alpha value is -3.40. The van der Waals surface area contributed by atoms with E-state index in [1.54, 1.807) is 9.42 Å². The molecular weight excluding hydrogens is 446 g/mol. The maximum atomic E-state index is 12.3. The SMILES string of the molecule is CC[C@@H]1CN(C(=O)C(C)O)CC[C@H]1Nc1c(C(N)=O)cnn2cc(-c3cnn(CC(C)C)c3)cc12. The van der Waals surface area contributed by atoms with Crippen LogP contribution >= 0.6 is 0 Å². The molecule has 2 amide bonds. The average molecular weight is 482 g/mol. The van der Waals surface area contributed by atoms with Gasteiger partial charge in [0.2, 0.25) is 0 Å². The number of carbonyl (C=O) groups excluding carboxylic acids is 2. The summed E-state index contributed by atoms with van der Waals surface area (Å²) in [5.74, 6) is -0.158. The summed E-state index contributed by atoms with van der Waals surface area (Å²) in [7, 11) is 0. The van der Waals surface area contributed by atoms with Crippen LogP contribution in [0.2, 0.25) is 0 Å². The summed E-state index contributed by atoms with van der Waals surface area (Å²) in [6, 6.07) is 2.03. The predicted octanol–water partition coefficient (Wildman–Crippen LogP) is 2.37. The number of hydrogen-bond acceptors (Lipinski definition) is 6. The van der Waals surface area contributed by atoms with Crippen molar-refractivity contribution in [1.82, 2.24) is 24.3 Å². The van der Waals surface area contributed by atoms with E-state index in [2.05, 4.69) is 36.3 Å². The molecule has 3 atom stereocenters. The smallest absolute Gasteiger partial charge is 0.252 e. The largest absolute Gasteiger partial charge is 0.384 e. The van der Waals surface area contributed by atoms with E-state index in [-0.39, 0.29) is 17.9 Å². The van der Waals surface area contributed by atoms with Crippen LogP contribution in [0.3, 0.4) is 0 Å². The summed E-state index contributed by atoms with van der Waals surface area (Å²) in [6.07, 6.45) is 7.79. The Balaban J connectivity index is 1.65. The normalized spacial score (nSPS) is 19.3. The van der Waals surface area contributed by atoms with Crippen molar-refractivity contribution >= 4 is 23.0 Å². The van der Waals surface area contributed by atoms with Crippen molar-refractivity contribution in [3.8, 4) is 11.1 Å². The molecule has 0 spiro atoms. The van der Waals surface area contributed by atoms with E-state index in [4.69, 9.17) is 5.73 Å². The average Bonchev–Trinajstić information content (AvgIpc) is 3.45. The highest BCUT2D eigenvalue weighted by molar-refractivity contribution is 6.02. The molecule has 1 fully saturated rings. The number of nitrogens with one attached hydrogen (secondary N) is 1. The Morgan fingerprint density at radius 2 is 1.97 bits per heavy atom. The monoisotopic (exact) mass is 481 g/mol. The molecule has 1 aliphatic rings. The number of nitrogens with two attached hydrogens (primary N) is 1. The second-order valence-electron chi connectivity index (χ2n) is 9.87. The Labute approximate surface area is 205 Å². The fraction of sp³-hybridized carbons (Fsp3) is 0.520. The molecular formula is C25H35N7O3. The van der Waals surface area contributed by atoms with Gasteiger partial charge in [0.25, 0.3) is 11.8 Å². The van der Waals surface area contributed by atoms with Gasteiger partial charge in [-0.1, -0.05) is 20.8 Å². The zero-order chi connectivity index (χ0) is 25.3. The molecule has 10 heteroatoms. The lowest BCUT2D eigenvalue weighted by molar-refractivity contribution is -0.141. The summed E-state index contributed by atoms with van der Waals surface area (Å²) < 4.78 is 3.68. The van der Waals surface area contributed by atoms with E-state index < -0.39 is 12.0 Å². The lowest BCUT2D eigenvalue weighted by Crippen LogP contribution is -2.50. The number of fused-ring (bicyclic) bond motifs is 1. The fourth-order valence-electron chi connectivity index (χ4n) is 4.83. The van der Waals surface area contributed by atoms with E-state index in [0.717, 1.165) is 29.6 Å². The molecule has 0 bridgehead atoms. The van der Waals surface area contributed by atoms with Gasteiger partial charge in [-0.05, 0) is 37.7 Å².